The molecule has 2 heterocycles. The van der Waals surface area contributed by atoms with Crippen LogP contribution in [-0.4, -0.2) is 31.7 Å². The van der Waals surface area contributed by atoms with Gasteiger partial charge in [0.1, 0.15) is 4.21 Å². The van der Waals surface area contributed by atoms with E-state index in [-0.39, 0.29) is 11.8 Å². The summed E-state index contributed by atoms with van der Waals surface area (Å²) in [7, 11) is -3.43. The van der Waals surface area contributed by atoms with Crippen molar-refractivity contribution in [3.63, 3.8) is 0 Å². The number of fused-ring (bicyclic) bond motifs is 1. The molecule has 27 heavy (non-hydrogen) atoms. The maximum Gasteiger partial charge on any atom is 0.252 e. The van der Waals surface area contributed by atoms with E-state index in [9.17, 15) is 13.2 Å². The Morgan fingerprint density at radius 2 is 1.74 bits per heavy atom. The zero-order valence-electron chi connectivity index (χ0n) is 14.7. The van der Waals surface area contributed by atoms with Crippen molar-refractivity contribution in [2.45, 2.75) is 17.1 Å². The second kappa shape index (κ2) is 7.42. The van der Waals surface area contributed by atoms with Crippen molar-refractivity contribution in [3.05, 3.63) is 60.0 Å². The lowest BCUT2D eigenvalue weighted by molar-refractivity contribution is -0.120. The Labute approximate surface area is 162 Å². The maximum atomic E-state index is 12.6. The molecule has 7 heteroatoms. The summed E-state index contributed by atoms with van der Waals surface area (Å²) in [4.78, 5) is 12.6. The lowest BCUT2D eigenvalue weighted by Crippen LogP contribution is -2.41. The van der Waals surface area contributed by atoms with E-state index < -0.39 is 10.0 Å². The average molecular weight is 401 g/mol. The van der Waals surface area contributed by atoms with Crippen molar-refractivity contribution in [2.75, 3.05) is 18.4 Å². The molecule has 0 unspecified atom stereocenters. The number of thiophene rings is 1. The van der Waals surface area contributed by atoms with Gasteiger partial charge in [0.15, 0.2) is 0 Å². The minimum Gasteiger partial charge on any atom is -0.326 e. The molecule has 140 valence electrons. The van der Waals surface area contributed by atoms with Gasteiger partial charge in [0.05, 0.1) is 0 Å². The average Bonchev–Trinajstić information content (AvgIpc) is 3.24. The van der Waals surface area contributed by atoms with Crippen LogP contribution >= 0.6 is 11.3 Å². The van der Waals surface area contributed by atoms with Crippen LogP contribution in [0.25, 0.3) is 10.8 Å². The van der Waals surface area contributed by atoms with Gasteiger partial charge >= 0.3 is 0 Å². The molecule has 1 aliphatic heterocycles. The van der Waals surface area contributed by atoms with Crippen molar-refractivity contribution < 1.29 is 13.2 Å². The van der Waals surface area contributed by atoms with E-state index in [1.54, 1.807) is 17.5 Å². The molecule has 1 N–H and O–H groups in total. The van der Waals surface area contributed by atoms with Crippen molar-refractivity contribution in [1.82, 2.24) is 4.31 Å². The summed E-state index contributed by atoms with van der Waals surface area (Å²) in [5, 5.41) is 6.94. The number of carbonyl (C=O) groups excluding carboxylic acids is 1. The SMILES string of the molecule is O=C(Nc1ccc2ccccc2c1)C1CCN(S(=O)(=O)c2cccs2)CC1. The van der Waals surface area contributed by atoms with Crippen LogP contribution in [0.1, 0.15) is 12.8 Å². The molecule has 1 aromatic heterocycles. The van der Waals surface area contributed by atoms with Crippen LogP contribution in [0.5, 0.6) is 0 Å². The molecule has 1 fully saturated rings. The molecule has 1 amide bonds. The van der Waals surface area contributed by atoms with Gasteiger partial charge in [-0.3, -0.25) is 4.79 Å². The highest BCUT2D eigenvalue weighted by Gasteiger charge is 2.32. The molecule has 0 atom stereocenters. The second-order valence-corrected chi connectivity index (χ2v) is 9.77. The maximum absolute atomic E-state index is 12.6. The van der Waals surface area contributed by atoms with Crippen molar-refractivity contribution in [1.29, 1.82) is 0 Å². The molecular formula is C20H20N2O3S2. The molecule has 4 rings (SSSR count). The predicted octanol–water partition coefficient (Wildman–Crippen LogP) is 3.94. The smallest absolute Gasteiger partial charge is 0.252 e. The number of rotatable bonds is 4. The number of nitrogens with zero attached hydrogens (tertiary/aromatic N) is 1. The zero-order valence-corrected chi connectivity index (χ0v) is 16.3. The topological polar surface area (TPSA) is 66.5 Å². The van der Waals surface area contributed by atoms with Gasteiger partial charge in [0.2, 0.25) is 5.91 Å². The molecule has 0 saturated carbocycles. The van der Waals surface area contributed by atoms with Gasteiger partial charge in [0, 0.05) is 24.7 Å². The fraction of sp³-hybridized carbons (Fsp3) is 0.250. The molecule has 1 saturated heterocycles. The molecule has 0 bridgehead atoms. The number of carbonyl (C=O) groups is 1. The van der Waals surface area contributed by atoms with Crippen molar-refractivity contribution >= 4 is 43.7 Å². The number of nitrogens with one attached hydrogen (secondary N) is 1. The van der Waals surface area contributed by atoms with E-state index in [1.165, 1.54) is 15.6 Å². The van der Waals surface area contributed by atoms with Gasteiger partial charge in [-0.2, -0.15) is 4.31 Å². The first-order valence-corrected chi connectivity index (χ1v) is 11.2. The number of sulfonamides is 1. The Morgan fingerprint density at radius 1 is 1.00 bits per heavy atom. The molecule has 3 aromatic rings. The van der Waals surface area contributed by atoms with Crippen LogP contribution in [0.15, 0.2) is 64.2 Å². The summed E-state index contributed by atoms with van der Waals surface area (Å²) in [6.45, 7) is 0.742. The first-order valence-electron chi connectivity index (χ1n) is 8.87. The Bertz CT molecular complexity index is 1050. The number of amides is 1. The second-order valence-electron chi connectivity index (χ2n) is 6.66. The summed E-state index contributed by atoms with van der Waals surface area (Å²) in [5.74, 6) is -0.218. The number of hydrogen-bond donors (Lipinski definition) is 1. The lowest BCUT2D eigenvalue weighted by Gasteiger charge is -2.30. The van der Waals surface area contributed by atoms with Crippen molar-refractivity contribution in [2.24, 2.45) is 5.92 Å². The number of benzene rings is 2. The predicted molar refractivity (Wildman–Crippen MR) is 108 cm³/mol. The number of hydrogen-bond acceptors (Lipinski definition) is 4. The van der Waals surface area contributed by atoms with Crippen LogP contribution in [-0.2, 0) is 14.8 Å². The van der Waals surface area contributed by atoms with Crippen molar-refractivity contribution in [3.8, 4) is 0 Å². The molecule has 5 nitrogen and oxygen atoms in total. The third kappa shape index (κ3) is 3.76. The normalized spacial score (nSPS) is 16.4. The third-order valence-electron chi connectivity index (χ3n) is 4.93. The third-order valence-corrected chi connectivity index (χ3v) is 8.20. The number of piperidine rings is 1. The van der Waals surface area contributed by atoms with E-state index in [1.807, 2.05) is 42.5 Å². The Balaban J connectivity index is 1.39. The summed E-state index contributed by atoms with van der Waals surface area (Å²) < 4.78 is 27.0. The molecule has 0 spiro atoms. The molecule has 2 aromatic carbocycles. The minimum absolute atomic E-state index is 0.0431. The van der Waals surface area contributed by atoms with Gasteiger partial charge < -0.3 is 5.32 Å². The minimum atomic E-state index is -3.43. The molecular weight excluding hydrogens is 380 g/mol. The summed E-state index contributed by atoms with van der Waals surface area (Å²) in [6.07, 6.45) is 1.06. The van der Waals surface area contributed by atoms with Crippen LogP contribution in [0.3, 0.4) is 0 Å². The van der Waals surface area contributed by atoms with Gasteiger partial charge in [-0.1, -0.05) is 36.4 Å². The van der Waals surface area contributed by atoms with E-state index in [2.05, 4.69) is 5.32 Å². The lowest BCUT2D eigenvalue weighted by atomic mass is 9.97. The van der Waals surface area contributed by atoms with Gasteiger partial charge in [0.25, 0.3) is 10.0 Å². The Morgan fingerprint density at radius 3 is 2.44 bits per heavy atom. The Kier molecular flexibility index (Phi) is 4.99. The highest BCUT2D eigenvalue weighted by Crippen LogP contribution is 2.27. The quantitative estimate of drug-likeness (QED) is 0.721. The van der Waals surface area contributed by atoms with E-state index >= 15 is 0 Å². The molecule has 1 aliphatic rings. The van der Waals surface area contributed by atoms with Gasteiger partial charge in [-0.05, 0) is 47.2 Å². The van der Waals surface area contributed by atoms with Crippen LogP contribution < -0.4 is 5.32 Å². The molecule has 0 aliphatic carbocycles. The standard InChI is InChI=1S/C20H20N2O3S2/c23-20(21-18-8-7-15-4-1-2-5-17(15)14-18)16-9-11-22(12-10-16)27(24,25)19-6-3-13-26-19/h1-8,13-14,16H,9-12H2,(H,21,23). The highest BCUT2D eigenvalue weighted by atomic mass is 32.2. The zero-order chi connectivity index (χ0) is 18.9. The Hall–Kier alpha value is -2.22. The van der Waals surface area contributed by atoms with Crippen LogP contribution in [0.4, 0.5) is 5.69 Å². The fourth-order valence-electron chi connectivity index (χ4n) is 3.41. The number of anilines is 1. The van der Waals surface area contributed by atoms with Gasteiger partial charge in [-0.25, -0.2) is 8.42 Å². The van der Waals surface area contributed by atoms with Crippen LogP contribution in [0, 0.1) is 5.92 Å². The largest absolute Gasteiger partial charge is 0.326 e. The van der Waals surface area contributed by atoms with Gasteiger partial charge in [-0.15, -0.1) is 11.3 Å². The van der Waals surface area contributed by atoms with Crippen LogP contribution in [0.2, 0.25) is 0 Å². The monoisotopic (exact) mass is 400 g/mol. The fourth-order valence-corrected chi connectivity index (χ4v) is 6.02. The first-order chi connectivity index (χ1) is 13.0. The first kappa shape index (κ1) is 18.2. The summed E-state index contributed by atoms with van der Waals surface area (Å²) in [5.41, 5.74) is 0.771. The van der Waals surface area contributed by atoms with E-state index in [0.717, 1.165) is 16.5 Å². The molecule has 0 radical (unpaired) electrons. The summed E-state index contributed by atoms with van der Waals surface area (Å²) >= 11 is 1.22. The highest BCUT2D eigenvalue weighted by molar-refractivity contribution is 7.91. The van der Waals surface area contributed by atoms with E-state index in [0.29, 0.717) is 30.1 Å². The summed E-state index contributed by atoms with van der Waals surface area (Å²) in [6, 6.07) is 17.2. The van der Waals surface area contributed by atoms with E-state index in [4.69, 9.17) is 0 Å².